The monoisotopic (exact) mass is 283 g/mol. The van der Waals surface area contributed by atoms with Gasteiger partial charge in [-0.15, -0.1) is 0 Å². The number of anilines is 1. The molecule has 1 aromatic carbocycles. The van der Waals surface area contributed by atoms with Gasteiger partial charge in [-0.25, -0.2) is 0 Å². The second-order valence-corrected chi connectivity index (χ2v) is 5.30. The van der Waals surface area contributed by atoms with E-state index in [0.29, 0.717) is 0 Å². The number of rotatable bonds is 4. The molecule has 0 spiro atoms. The first kappa shape index (κ1) is 14.1. The van der Waals surface area contributed by atoms with E-state index >= 15 is 0 Å². The Morgan fingerprint density at radius 1 is 1.37 bits per heavy atom. The Labute approximate surface area is 117 Å². The highest BCUT2D eigenvalue weighted by Gasteiger charge is 2.23. The lowest BCUT2D eigenvalue weighted by molar-refractivity contribution is -0.486. The van der Waals surface area contributed by atoms with Crippen LogP contribution in [0.5, 0.6) is 0 Å². The molecule has 1 aliphatic heterocycles. The van der Waals surface area contributed by atoms with Crippen LogP contribution in [-0.4, -0.2) is 48.6 Å². The van der Waals surface area contributed by atoms with E-state index < -0.39 is 0 Å². The maximum atomic E-state index is 10.5. The Hall–Kier alpha value is -1.33. The fraction of sp³-hybridized carbons (Fsp3) is 0.538. The average Bonchev–Trinajstić information content (AvgIpc) is 2.38. The molecule has 0 radical (unpaired) electrons. The Morgan fingerprint density at radius 2 is 2.05 bits per heavy atom. The Morgan fingerprint density at radius 3 is 2.63 bits per heavy atom. The predicted octanol–water partition coefficient (Wildman–Crippen LogP) is 2.13. The van der Waals surface area contributed by atoms with Crippen molar-refractivity contribution in [2.24, 2.45) is 0 Å². The Balaban J connectivity index is 1.90. The lowest BCUT2D eigenvalue weighted by Crippen LogP contribution is -2.51. The summed E-state index contributed by atoms with van der Waals surface area (Å²) in [5, 5.41) is 11.3. The lowest BCUT2D eigenvalue weighted by atomic mass is 10.2. The summed E-state index contributed by atoms with van der Waals surface area (Å²) in [6, 6.07) is 7.80. The third-order valence-electron chi connectivity index (χ3n) is 3.52. The fourth-order valence-electron chi connectivity index (χ4n) is 2.42. The van der Waals surface area contributed by atoms with Gasteiger partial charge in [0, 0.05) is 41.8 Å². The van der Waals surface area contributed by atoms with E-state index in [9.17, 15) is 10.1 Å². The van der Waals surface area contributed by atoms with Gasteiger partial charge in [0.25, 0.3) is 0 Å². The molecule has 1 heterocycles. The van der Waals surface area contributed by atoms with Crippen molar-refractivity contribution in [1.29, 1.82) is 0 Å². The van der Waals surface area contributed by atoms with Gasteiger partial charge in [0.1, 0.15) is 0 Å². The summed E-state index contributed by atoms with van der Waals surface area (Å²) in [4.78, 5) is 14.7. The molecule has 1 aliphatic rings. The van der Waals surface area contributed by atoms with Crippen LogP contribution in [0.4, 0.5) is 5.69 Å². The minimum Gasteiger partial charge on any atom is -0.369 e. The first-order valence-corrected chi connectivity index (χ1v) is 6.80. The molecule has 0 aliphatic carbocycles. The average molecular weight is 284 g/mol. The van der Waals surface area contributed by atoms with Gasteiger partial charge < -0.3 is 4.90 Å². The molecule has 19 heavy (non-hydrogen) atoms. The normalized spacial score (nSPS) is 18.3. The zero-order chi connectivity index (χ0) is 13.8. The minimum absolute atomic E-state index is 0.00323. The number of hydrogen-bond donors (Lipinski definition) is 0. The van der Waals surface area contributed by atoms with Crippen LogP contribution >= 0.6 is 11.6 Å². The summed E-state index contributed by atoms with van der Waals surface area (Å²) in [6.45, 7) is 5.38. The Bertz CT molecular complexity index is 447. The summed E-state index contributed by atoms with van der Waals surface area (Å²) in [7, 11) is 0. The molecule has 6 heteroatoms. The molecular formula is C13H18ClN3O2. The van der Waals surface area contributed by atoms with E-state index in [1.54, 1.807) is 0 Å². The smallest absolute Gasteiger partial charge is 0.218 e. The fourth-order valence-corrected chi connectivity index (χ4v) is 2.61. The summed E-state index contributed by atoms with van der Waals surface area (Å²) >= 11 is 5.99. The minimum atomic E-state index is -0.242. The largest absolute Gasteiger partial charge is 0.369 e. The third kappa shape index (κ3) is 3.81. The van der Waals surface area contributed by atoms with Crippen LogP contribution in [0, 0.1) is 10.1 Å². The number of nitro groups is 1. The zero-order valence-corrected chi connectivity index (χ0v) is 11.7. The Kier molecular flexibility index (Phi) is 4.61. The van der Waals surface area contributed by atoms with E-state index in [0.717, 1.165) is 36.9 Å². The van der Waals surface area contributed by atoms with Gasteiger partial charge in [-0.1, -0.05) is 17.7 Å². The molecule has 0 saturated carbocycles. The second kappa shape index (κ2) is 6.21. The number of halogens is 1. The maximum Gasteiger partial charge on any atom is 0.218 e. The molecule has 0 aromatic heterocycles. The highest BCUT2D eigenvalue weighted by Crippen LogP contribution is 2.21. The van der Waals surface area contributed by atoms with E-state index in [1.165, 1.54) is 0 Å². The maximum absolute atomic E-state index is 10.5. The second-order valence-electron chi connectivity index (χ2n) is 4.87. The molecule has 0 N–H and O–H groups in total. The molecule has 1 unspecified atom stereocenters. The lowest BCUT2D eigenvalue weighted by Gasteiger charge is -2.38. The van der Waals surface area contributed by atoms with Gasteiger partial charge in [0.05, 0.1) is 6.04 Å². The predicted molar refractivity (Wildman–Crippen MR) is 76.6 cm³/mol. The van der Waals surface area contributed by atoms with Gasteiger partial charge in [0.2, 0.25) is 6.54 Å². The number of benzene rings is 1. The third-order valence-corrected chi connectivity index (χ3v) is 3.76. The summed E-state index contributed by atoms with van der Waals surface area (Å²) in [5.74, 6) is 0. The molecule has 2 rings (SSSR count). The molecule has 104 valence electrons. The van der Waals surface area contributed by atoms with Crippen molar-refractivity contribution in [3.05, 3.63) is 39.4 Å². The molecule has 0 amide bonds. The first-order valence-electron chi connectivity index (χ1n) is 6.42. The number of nitrogens with zero attached hydrogens (tertiary/aromatic N) is 3. The van der Waals surface area contributed by atoms with Gasteiger partial charge in [-0.3, -0.25) is 15.0 Å². The van der Waals surface area contributed by atoms with E-state index in [1.807, 2.05) is 31.2 Å². The first-order chi connectivity index (χ1) is 9.06. The molecule has 1 fully saturated rings. The highest BCUT2D eigenvalue weighted by atomic mass is 35.5. The summed E-state index contributed by atoms with van der Waals surface area (Å²) in [6.07, 6.45) is 0. The van der Waals surface area contributed by atoms with Crippen LogP contribution in [0.1, 0.15) is 6.92 Å². The molecule has 1 atom stereocenters. The van der Waals surface area contributed by atoms with Crippen molar-refractivity contribution in [3.63, 3.8) is 0 Å². The topological polar surface area (TPSA) is 49.6 Å². The SMILES string of the molecule is CC(C[N+](=O)[O-])N1CCN(c2cccc(Cl)c2)CC1. The zero-order valence-electron chi connectivity index (χ0n) is 11.0. The van der Waals surface area contributed by atoms with Crippen LogP contribution in [0.15, 0.2) is 24.3 Å². The standard InChI is InChI=1S/C13H18ClN3O2/c1-11(10-17(18)19)15-5-7-16(8-6-15)13-4-2-3-12(14)9-13/h2-4,9,11H,5-8,10H2,1H3. The summed E-state index contributed by atoms with van der Waals surface area (Å²) < 4.78 is 0. The highest BCUT2D eigenvalue weighted by molar-refractivity contribution is 6.30. The molecular weight excluding hydrogens is 266 g/mol. The van der Waals surface area contributed by atoms with E-state index in [2.05, 4.69) is 9.80 Å². The molecule has 1 aromatic rings. The number of hydrogen-bond acceptors (Lipinski definition) is 4. The van der Waals surface area contributed by atoms with Crippen LogP contribution in [0.2, 0.25) is 5.02 Å². The van der Waals surface area contributed by atoms with Crippen LogP contribution in [-0.2, 0) is 0 Å². The molecule has 1 saturated heterocycles. The molecule has 5 nitrogen and oxygen atoms in total. The van der Waals surface area contributed by atoms with E-state index in [-0.39, 0.29) is 17.5 Å². The van der Waals surface area contributed by atoms with Crippen molar-refractivity contribution in [2.45, 2.75) is 13.0 Å². The van der Waals surface area contributed by atoms with Gasteiger partial charge >= 0.3 is 0 Å². The van der Waals surface area contributed by atoms with Gasteiger partial charge in [-0.05, 0) is 25.1 Å². The van der Waals surface area contributed by atoms with Crippen molar-refractivity contribution in [2.75, 3.05) is 37.6 Å². The van der Waals surface area contributed by atoms with E-state index in [4.69, 9.17) is 11.6 Å². The quantitative estimate of drug-likeness (QED) is 0.627. The van der Waals surface area contributed by atoms with Crippen molar-refractivity contribution in [1.82, 2.24) is 4.90 Å². The van der Waals surface area contributed by atoms with Crippen LogP contribution in [0.3, 0.4) is 0 Å². The van der Waals surface area contributed by atoms with Crippen molar-refractivity contribution in [3.8, 4) is 0 Å². The number of piperazine rings is 1. The van der Waals surface area contributed by atoms with Gasteiger partial charge in [-0.2, -0.15) is 0 Å². The molecule has 0 bridgehead atoms. The van der Waals surface area contributed by atoms with Crippen LogP contribution < -0.4 is 4.90 Å². The van der Waals surface area contributed by atoms with Crippen molar-refractivity contribution >= 4 is 17.3 Å². The van der Waals surface area contributed by atoms with Crippen LogP contribution in [0.25, 0.3) is 0 Å². The van der Waals surface area contributed by atoms with Crippen molar-refractivity contribution < 1.29 is 4.92 Å². The summed E-state index contributed by atoms with van der Waals surface area (Å²) in [5.41, 5.74) is 1.12. The van der Waals surface area contributed by atoms with Gasteiger partial charge in [0.15, 0.2) is 0 Å².